The van der Waals surface area contributed by atoms with Crippen molar-refractivity contribution in [3.63, 3.8) is 0 Å². The highest BCUT2D eigenvalue weighted by atomic mass is 19.1. The lowest BCUT2D eigenvalue weighted by atomic mass is 9.89. The number of amides is 3. The second-order valence-corrected chi connectivity index (χ2v) is 9.03. The molecule has 8 nitrogen and oxygen atoms in total. The highest BCUT2D eigenvalue weighted by molar-refractivity contribution is 6.01. The molecule has 1 aromatic rings. The minimum atomic E-state index is -0.999. The number of benzene rings is 1. The first kappa shape index (κ1) is 24.4. The Kier molecular flexibility index (Phi) is 7.65. The van der Waals surface area contributed by atoms with Crippen molar-refractivity contribution in [1.82, 2.24) is 10.2 Å². The fourth-order valence-corrected chi connectivity index (χ4v) is 4.97. The molecule has 0 spiro atoms. The number of imide groups is 1. The van der Waals surface area contributed by atoms with Gasteiger partial charge in [0.25, 0.3) is 0 Å². The number of piperidine rings is 3. The molecule has 186 valence electrons. The summed E-state index contributed by atoms with van der Waals surface area (Å²) in [5.74, 6) is -3.62. The number of ether oxygens (including phenoxy) is 2. The van der Waals surface area contributed by atoms with E-state index in [9.17, 15) is 23.2 Å². The number of nitrogens with zero attached hydrogens (tertiary/aromatic N) is 2. The molecule has 1 atom stereocenters. The first-order chi connectivity index (χ1) is 16.4. The molecule has 0 bridgehead atoms. The van der Waals surface area contributed by atoms with Gasteiger partial charge in [-0.2, -0.15) is 0 Å². The van der Waals surface area contributed by atoms with E-state index in [-0.39, 0.29) is 36.7 Å². The largest absolute Gasteiger partial charge is 0.450 e. The maximum absolute atomic E-state index is 14.9. The summed E-state index contributed by atoms with van der Waals surface area (Å²) in [5, 5.41) is 2.15. The van der Waals surface area contributed by atoms with E-state index in [1.807, 2.05) is 4.90 Å². The van der Waals surface area contributed by atoms with Crippen molar-refractivity contribution >= 4 is 23.6 Å². The van der Waals surface area contributed by atoms with Crippen molar-refractivity contribution in [1.29, 1.82) is 0 Å². The number of hydrogen-bond donors (Lipinski definition) is 1. The Hall–Kier alpha value is -2.75. The molecule has 3 fully saturated rings. The standard InChI is InChI=1S/C24H31F2N3O5/c1-2-33-24(32)29-11-7-17(8-12-29)34-16-5-9-28(10-6-16)15-13-19(25)22(20(26)14-15)18-3-4-21(30)27-23(18)31/h13-14,16-18H,2-12H2,1H3,(H,27,30,31). The molecule has 0 aliphatic carbocycles. The molecule has 3 heterocycles. The van der Waals surface area contributed by atoms with Gasteiger partial charge in [0.2, 0.25) is 11.8 Å². The first-order valence-corrected chi connectivity index (χ1v) is 12.0. The zero-order chi connectivity index (χ0) is 24.2. The molecular formula is C24H31F2N3O5. The predicted molar refractivity (Wildman–Crippen MR) is 119 cm³/mol. The Balaban J connectivity index is 1.29. The van der Waals surface area contributed by atoms with E-state index in [1.54, 1.807) is 11.8 Å². The van der Waals surface area contributed by atoms with Crippen LogP contribution in [0, 0.1) is 11.6 Å². The normalized spacial score (nSPS) is 22.6. The zero-order valence-electron chi connectivity index (χ0n) is 19.4. The van der Waals surface area contributed by atoms with Crippen molar-refractivity contribution < 1.29 is 32.6 Å². The van der Waals surface area contributed by atoms with Crippen LogP contribution in [0.2, 0.25) is 0 Å². The number of halogens is 2. The molecule has 0 aromatic heterocycles. The third-order valence-corrected chi connectivity index (χ3v) is 6.81. The van der Waals surface area contributed by atoms with Crippen molar-refractivity contribution in [2.75, 3.05) is 37.7 Å². The fourth-order valence-electron chi connectivity index (χ4n) is 4.97. The van der Waals surface area contributed by atoms with E-state index in [0.717, 1.165) is 25.7 Å². The van der Waals surface area contributed by atoms with E-state index in [2.05, 4.69) is 5.32 Å². The third-order valence-electron chi connectivity index (χ3n) is 6.81. The second-order valence-electron chi connectivity index (χ2n) is 9.03. The molecule has 10 heteroatoms. The molecule has 3 saturated heterocycles. The van der Waals surface area contributed by atoms with Gasteiger partial charge >= 0.3 is 6.09 Å². The fraction of sp³-hybridized carbons (Fsp3) is 0.625. The van der Waals surface area contributed by atoms with Gasteiger partial charge in [0, 0.05) is 43.9 Å². The average Bonchev–Trinajstić information content (AvgIpc) is 2.81. The minimum Gasteiger partial charge on any atom is -0.450 e. The number of likely N-dealkylation sites (tertiary alicyclic amines) is 1. The van der Waals surface area contributed by atoms with Crippen LogP contribution in [0.25, 0.3) is 0 Å². The van der Waals surface area contributed by atoms with Crippen LogP contribution in [0.4, 0.5) is 19.3 Å². The lowest BCUT2D eigenvalue weighted by Crippen LogP contribution is -2.44. The molecule has 3 aliphatic rings. The summed E-state index contributed by atoms with van der Waals surface area (Å²) >= 11 is 0. The highest BCUT2D eigenvalue weighted by Crippen LogP contribution is 2.33. The van der Waals surface area contributed by atoms with Crippen molar-refractivity contribution in [2.45, 2.75) is 63.6 Å². The van der Waals surface area contributed by atoms with E-state index in [0.29, 0.717) is 38.5 Å². The van der Waals surface area contributed by atoms with Gasteiger partial charge in [0.1, 0.15) is 11.6 Å². The summed E-state index contributed by atoms with van der Waals surface area (Å²) in [7, 11) is 0. The number of hydrogen-bond acceptors (Lipinski definition) is 6. The summed E-state index contributed by atoms with van der Waals surface area (Å²) in [6, 6.07) is 2.54. The minimum absolute atomic E-state index is 0.0619. The predicted octanol–water partition coefficient (Wildman–Crippen LogP) is 3.09. The van der Waals surface area contributed by atoms with E-state index in [1.165, 1.54) is 12.1 Å². The van der Waals surface area contributed by atoms with E-state index < -0.39 is 29.4 Å². The topological polar surface area (TPSA) is 88.2 Å². The number of rotatable bonds is 5. The van der Waals surface area contributed by atoms with Gasteiger partial charge in [-0.15, -0.1) is 0 Å². The monoisotopic (exact) mass is 479 g/mol. The zero-order valence-corrected chi connectivity index (χ0v) is 19.4. The summed E-state index contributed by atoms with van der Waals surface area (Å²) in [4.78, 5) is 38.8. The highest BCUT2D eigenvalue weighted by Gasteiger charge is 2.33. The molecule has 0 saturated carbocycles. The van der Waals surface area contributed by atoms with Crippen molar-refractivity contribution in [3.8, 4) is 0 Å². The molecule has 1 aromatic carbocycles. The number of anilines is 1. The smallest absolute Gasteiger partial charge is 0.409 e. The molecular weight excluding hydrogens is 448 g/mol. The lowest BCUT2D eigenvalue weighted by molar-refractivity contribution is -0.134. The summed E-state index contributed by atoms with van der Waals surface area (Å²) in [5.41, 5.74) is 0.161. The van der Waals surface area contributed by atoms with Gasteiger partial charge in [-0.25, -0.2) is 13.6 Å². The molecule has 34 heavy (non-hydrogen) atoms. The van der Waals surface area contributed by atoms with Crippen LogP contribution in [0.5, 0.6) is 0 Å². The Labute approximate surface area is 197 Å². The van der Waals surface area contributed by atoms with Gasteiger partial charge in [0.05, 0.1) is 24.7 Å². The van der Waals surface area contributed by atoms with Gasteiger partial charge in [-0.1, -0.05) is 0 Å². The molecule has 1 N–H and O–H groups in total. The summed E-state index contributed by atoms with van der Waals surface area (Å²) < 4.78 is 41.0. The Bertz CT molecular complexity index is 904. The third kappa shape index (κ3) is 5.48. The lowest BCUT2D eigenvalue weighted by Gasteiger charge is -2.37. The SMILES string of the molecule is CCOC(=O)N1CCC(OC2CCN(c3cc(F)c(C4CCC(=O)NC4=O)c(F)c3)CC2)CC1. The summed E-state index contributed by atoms with van der Waals surface area (Å²) in [6.45, 7) is 4.57. The Morgan fingerprint density at radius 1 is 1.00 bits per heavy atom. The van der Waals surface area contributed by atoms with E-state index in [4.69, 9.17) is 9.47 Å². The van der Waals surface area contributed by atoms with Gasteiger partial charge in [-0.05, 0) is 51.2 Å². The summed E-state index contributed by atoms with van der Waals surface area (Å²) in [6.07, 6.45) is 3.02. The first-order valence-electron chi connectivity index (χ1n) is 12.0. The van der Waals surface area contributed by atoms with Crippen LogP contribution in [0.3, 0.4) is 0 Å². The molecule has 0 radical (unpaired) electrons. The van der Waals surface area contributed by atoms with Crippen LogP contribution in [-0.2, 0) is 19.1 Å². The Morgan fingerprint density at radius 3 is 2.15 bits per heavy atom. The van der Waals surface area contributed by atoms with Crippen LogP contribution in [0.1, 0.15) is 56.9 Å². The van der Waals surface area contributed by atoms with Crippen LogP contribution in [-0.4, -0.2) is 67.8 Å². The van der Waals surface area contributed by atoms with Crippen molar-refractivity contribution in [2.24, 2.45) is 0 Å². The van der Waals surface area contributed by atoms with Crippen LogP contribution in [0.15, 0.2) is 12.1 Å². The van der Waals surface area contributed by atoms with Crippen LogP contribution >= 0.6 is 0 Å². The number of carbonyl (C=O) groups excluding carboxylic acids is 3. The quantitative estimate of drug-likeness (QED) is 0.653. The molecule has 3 amide bonds. The number of carbonyl (C=O) groups is 3. The Morgan fingerprint density at radius 2 is 1.59 bits per heavy atom. The van der Waals surface area contributed by atoms with Gasteiger partial charge < -0.3 is 19.3 Å². The van der Waals surface area contributed by atoms with Gasteiger partial charge in [-0.3, -0.25) is 14.9 Å². The molecule has 4 rings (SSSR count). The molecule has 3 aliphatic heterocycles. The van der Waals surface area contributed by atoms with Crippen LogP contribution < -0.4 is 10.2 Å². The number of nitrogens with one attached hydrogen (secondary N) is 1. The maximum atomic E-state index is 14.9. The second kappa shape index (κ2) is 10.7. The maximum Gasteiger partial charge on any atom is 0.409 e. The van der Waals surface area contributed by atoms with Gasteiger partial charge in [0.15, 0.2) is 0 Å². The van der Waals surface area contributed by atoms with E-state index >= 15 is 0 Å². The molecule has 1 unspecified atom stereocenters. The van der Waals surface area contributed by atoms with Crippen molar-refractivity contribution in [3.05, 3.63) is 29.3 Å². The average molecular weight is 480 g/mol.